The number of anilines is 1. The highest BCUT2D eigenvalue weighted by Gasteiger charge is 2.74. The van der Waals surface area contributed by atoms with Crippen LogP contribution in [-0.4, -0.2) is 69.6 Å². The predicted octanol–water partition coefficient (Wildman–Crippen LogP) is 3.92. The molecular formula is C27H35ClN2O5S. The second-order valence-corrected chi connectivity index (χ2v) is 12.3. The lowest BCUT2D eigenvalue weighted by Gasteiger charge is -2.40. The number of fused-ring (bicyclic) bond motifs is 1. The van der Waals surface area contributed by atoms with Crippen LogP contribution in [0, 0.1) is 17.8 Å². The van der Waals surface area contributed by atoms with Gasteiger partial charge in [-0.2, -0.15) is 0 Å². The van der Waals surface area contributed by atoms with E-state index in [0.717, 1.165) is 6.42 Å². The van der Waals surface area contributed by atoms with Crippen LogP contribution in [0.2, 0.25) is 5.02 Å². The van der Waals surface area contributed by atoms with Crippen LogP contribution in [0.1, 0.15) is 40.0 Å². The third-order valence-corrected chi connectivity index (χ3v) is 9.80. The van der Waals surface area contributed by atoms with Crippen molar-refractivity contribution in [2.24, 2.45) is 17.8 Å². The summed E-state index contributed by atoms with van der Waals surface area (Å²) in [5.74, 6) is -1.85. The first-order chi connectivity index (χ1) is 17.2. The third-order valence-electron chi connectivity index (χ3n) is 7.59. The largest absolute Gasteiger partial charge is 0.466 e. The number of benzene rings is 1. The Morgan fingerprint density at radius 2 is 2.06 bits per heavy atom. The number of rotatable bonds is 10. The Hall–Kier alpha value is -2.03. The van der Waals surface area contributed by atoms with Gasteiger partial charge >= 0.3 is 5.97 Å². The first-order valence-electron chi connectivity index (χ1n) is 12.6. The summed E-state index contributed by atoms with van der Waals surface area (Å²) >= 11 is 7.69. The summed E-state index contributed by atoms with van der Waals surface area (Å²) in [5, 5.41) is 10.9. The molecule has 4 rings (SSSR count). The van der Waals surface area contributed by atoms with E-state index in [0.29, 0.717) is 23.6 Å². The molecule has 3 aliphatic heterocycles. The number of ether oxygens (including phenoxy) is 1. The number of hydrogen-bond acceptors (Lipinski definition) is 6. The molecule has 9 heteroatoms. The molecule has 3 aliphatic rings. The maximum absolute atomic E-state index is 14.5. The van der Waals surface area contributed by atoms with Crippen molar-refractivity contribution in [2.45, 2.75) is 62.1 Å². The monoisotopic (exact) mass is 534 g/mol. The summed E-state index contributed by atoms with van der Waals surface area (Å²) in [6.45, 7) is 9.89. The van der Waals surface area contributed by atoms with Gasteiger partial charge in [0.2, 0.25) is 5.91 Å². The zero-order chi connectivity index (χ0) is 26.2. The van der Waals surface area contributed by atoms with Crippen molar-refractivity contribution in [3.05, 3.63) is 41.9 Å². The maximum Gasteiger partial charge on any atom is 0.310 e. The summed E-state index contributed by atoms with van der Waals surface area (Å²) in [6.07, 6.45) is 3.60. The number of aliphatic hydroxyl groups is 1. The number of nitrogens with zero attached hydrogens (tertiary/aromatic N) is 2. The average Bonchev–Trinajstić information content (AvgIpc) is 3.49. The van der Waals surface area contributed by atoms with Crippen LogP contribution in [0.3, 0.4) is 0 Å². The molecule has 6 atom stereocenters. The minimum absolute atomic E-state index is 0.0588. The van der Waals surface area contributed by atoms with E-state index in [1.54, 1.807) is 58.8 Å². The van der Waals surface area contributed by atoms with E-state index in [1.807, 2.05) is 13.8 Å². The van der Waals surface area contributed by atoms with Crippen molar-refractivity contribution in [3.8, 4) is 0 Å². The Kier molecular flexibility index (Phi) is 8.07. The first kappa shape index (κ1) is 27.0. The Morgan fingerprint density at radius 3 is 2.64 bits per heavy atom. The molecule has 3 heterocycles. The number of halogens is 1. The van der Waals surface area contributed by atoms with Crippen molar-refractivity contribution in [1.82, 2.24) is 4.90 Å². The van der Waals surface area contributed by atoms with Crippen LogP contribution in [-0.2, 0) is 19.1 Å². The van der Waals surface area contributed by atoms with E-state index in [2.05, 4.69) is 6.58 Å². The number of likely N-dealkylation sites (tertiary alicyclic amines) is 1. The number of carbonyl (C=O) groups is 3. The van der Waals surface area contributed by atoms with Crippen molar-refractivity contribution in [1.29, 1.82) is 0 Å². The second-order valence-electron chi connectivity index (χ2n) is 10.2. The maximum atomic E-state index is 14.5. The number of amides is 2. The SMILES string of the molecule is C=CCN(C(=O)C1N([C@@H](CO)CC(C)C)C(=O)[C@@H]2[C@@H](C(=O)OCC)[C@H]3CCC12S3)c1ccc(Cl)cc1. The van der Waals surface area contributed by atoms with Gasteiger partial charge in [-0.15, -0.1) is 18.3 Å². The van der Waals surface area contributed by atoms with Gasteiger partial charge in [-0.3, -0.25) is 14.4 Å². The zero-order valence-electron chi connectivity index (χ0n) is 21.1. The second kappa shape index (κ2) is 10.8. The van der Waals surface area contributed by atoms with Gasteiger partial charge in [-0.1, -0.05) is 31.5 Å². The lowest BCUT2D eigenvalue weighted by molar-refractivity contribution is -0.154. The highest BCUT2D eigenvalue weighted by molar-refractivity contribution is 8.02. The van der Waals surface area contributed by atoms with Gasteiger partial charge in [0.25, 0.3) is 5.91 Å². The first-order valence-corrected chi connectivity index (χ1v) is 13.9. The topological polar surface area (TPSA) is 87.2 Å². The van der Waals surface area contributed by atoms with Crippen LogP contribution < -0.4 is 4.90 Å². The van der Waals surface area contributed by atoms with Gasteiger partial charge in [-0.25, -0.2) is 0 Å². The minimum Gasteiger partial charge on any atom is -0.466 e. The van der Waals surface area contributed by atoms with E-state index in [-0.39, 0.29) is 48.7 Å². The molecule has 7 nitrogen and oxygen atoms in total. The number of aliphatic hydroxyl groups excluding tert-OH is 1. The van der Waals surface area contributed by atoms with E-state index < -0.39 is 28.7 Å². The van der Waals surface area contributed by atoms with E-state index in [4.69, 9.17) is 16.3 Å². The van der Waals surface area contributed by atoms with Crippen LogP contribution in [0.25, 0.3) is 0 Å². The lowest BCUT2D eigenvalue weighted by Crippen LogP contribution is -2.57. The van der Waals surface area contributed by atoms with Gasteiger partial charge in [0.05, 0.1) is 35.8 Å². The van der Waals surface area contributed by atoms with Crippen molar-refractivity contribution in [2.75, 3.05) is 24.7 Å². The van der Waals surface area contributed by atoms with Crippen LogP contribution in [0.5, 0.6) is 0 Å². The predicted molar refractivity (Wildman–Crippen MR) is 142 cm³/mol. The molecule has 2 bridgehead atoms. The standard InChI is InChI=1S/C27H35ClN2O5S/c1-5-13-29(18-9-7-17(28)8-10-18)25(33)23-27-12-11-20(36-27)21(26(34)35-6-2)22(27)24(32)30(23)19(15-31)14-16(3)4/h5,7-10,16,19-23,31H,1,6,11-15H2,2-4H3/t19-,20-,21+,22+,23?,27?/m1/s1. The summed E-state index contributed by atoms with van der Waals surface area (Å²) in [7, 11) is 0. The molecule has 0 aromatic heterocycles. The molecule has 1 spiro atoms. The number of hydrogen-bond donors (Lipinski definition) is 1. The number of esters is 1. The molecule has 2 unspecified atom stereocenters. The van der Waals surface area contributed by atoms with Crippen LogP contribution in [0.15, 0.2) is 36.9 Å². The normalized spacial score (nSPS) is 29.4. The van der Waals surface area contributed by atoms with Crippen molar-refractivity contribution in [3.63, 3.8) is 0 Å². The van der Waals surface area contributed by atoms with Gasteiger partial charge in [0.1, 0.15) is 6.04 Å². The van der Waals surface area contributed by atoms with Gasteiger partial charge in [-0.05, 0) is 56.4 Å². The molecule has 3 fully saturated rings. The fourth-order valence-corrected chi connectivity index (χ4v) is 8.62. The van der Waals surface area contributed by atoms with Gasteiger partial charge in [0.15, 0.2) is 0 Å². The summed E-state index contributed by atoms with van der Waals surface area (Å²) < 4.78 is 4.64. The highest BCUT2D eigenvalue weighted by atomic mass is 35.5. The van der Waals surface area contributed by atoms with Crippen molar-refractivity contribution < 1.29 is 24.2 Å². The Balaban J connectivity index is 1.81. The average molecular weight is 535 g/mol. The molecule has 36 heavy (non-hydrogen) atoms. The van der Waals surface area contributed by atoms with Crippen LogP contribution >= 0.6 is 23.4 Å². The van der Waals surface area contributed by atoms with Gasteiger partial charge in [0, 0.05) is 22.5 Å². The third kappa shape index (κ3) is 4.45. The molecule has 3 saturated heterocycles. The zero-order valence-corrected chi connectivity index (χ0v) is 22.6. The molecule has 1 N–H and O–H groups in total. The molecule has 0 saturated carbocycles. The van der Waals surface area contributed by atoms with E-state index >= 15 is 0 Å². The molecule has 2 amide bonds. The molecule has 0 radical (unpaired) electrons. The summed E-state index contributed by atoms with van der Waals surface area (Å²) in [4.78, 5) is 44.9. The summed E-state index contributed by atoms with van der Waals surface area (Å²) in [5.41, 5.74) is 0.653. The molecule has 196 valence electrons. The number of carbonyl (C=O) groups excluding carboxylic acids is 3. The molecule has 0 aliphatic carbocycles. The fourth-order valence-electron chi connectivity index (χ4n) is 6.31. The Labute approximate surface area is 222 Å². The lowest BCUT2D eigenvalue weighted by atomic mass is 9.71. The van der Waals surface area contributed by atoms with Crippen LogP contribution in [0.4, 0.5) is 5.69 Å². The summed E-state index contributed by atoms with van der Waals surface area (Å²) in [6, 6.07) is 5.67. The van der Waals surface area contributed by atoms with E-state index in [9.17, 15) is 19.5 Å². The molecule has 1 aromatic rings. The van der Waals surface area contributed by atoms with E-state index in [1.165, 1.54) is 0 Å². The highest BCUT2D eigenvalue weighted by Crippen LogP contribution is 2.67. The van der Waals surface area contributed by atoms with Crippen molar-refractivity contribution >= 4 is 46.8 Å². The Bertz CT molecular complexity index is 1020. The Morgan fingerprint density at radius 1 is 1.36 bits per heavy atom. The molecular weight excluding hydrogens is 500 g/mol. The van der Waals surface area contributed by atoms with Gasteiger partial charge < -0.3 is 19.6 Å². The number of thioether (sulfide) groups is 1. The fraction of sp³-hybridized carbons (Fsp3) is 0.593. The quantitative estimate of drug-likeness (QED) is 0.361. The molecule has 1 aromatic carbocycles. The smallest absolute Gasteiger partial charge is 0.310 e. The minimum atomic E-state index is -0.809.